The van der Waals surface area contributed by atoms with Gasteiger partial charge in [-0.25, -0.2) is 0 Å². The first kappa shape index (κ1) is 16.7. The second kappa shape index (κ2) is 9.39. The Morgan fingerprint density at radius 3 is 1.77 bits per heavy atom. The van der Waals surface area contributed by atoms with E-state index in [1.807, 2.05) is 0 Å². The highest BCUT2D eigenvalue weighted by Crippen LogP contribution is 2.16. The summed E-state index contributed by atoms with van der Waals surface area (Å²) in [6.45, 7) is 4.88. The van der Waals surface area contributed by atoms with Crippen LogP contribution < -0.4 is 5.73 Å². The third-order valence-electron chi connectivity index (χ3n) is 4.14. The van der Waals surface area contributed by atoms with Crippen molar-refractivity contribution in [2.45, 2.75) is 45.3 Å². The molecule has 0 spiro atoms. The fourth-order valence-electron chi connectivity index (χ4n) is 2.84. The standard InChI is InChI=1S/C20H28N2/c1-2-3-14-20(15-21)22(16-18-10-6-4-7-11-18)17-19-12-8-5-9-13-19/h4-13,20H,2-3,14-17,21H2,1H3. The molecular formula is C20H28N2. The lowest BCUT2D eigenvalue weighted by Gasteiger charge is -2.31. The summed E-state index contributed by atoms with van der Waals surface area (Å²) in [6, 6.07) is 21.8. The summed E-state index contributed by atoms with van der Waals surface area (Å²) < 4.78 is 0. The first-order chi connectivity index (χ1) is 10.8. The van der Waals surface area contributed by atoms with Gasteiger partial charge in [-0.3, -0.25) is 4.90 Å². The predicted octanol–water partition coefficient (Wildman–Crippen LogP) is 4.21. The van der Waals surface area contributed by atoms with Crippen LogP contribution in [0.3, 0.4) is 0 Å². The zero-order chi connectivity index (χ0) is 15.6. The molecule has 0 aliphatic heterocycles. The van der Waals surface area contributed by atoms with E-state index in [0.717, 1.165) is 19.6 Å². The predicted molar refractivity (Wildman–Crippen MR) is 94.5 cm³/mol. The van der Waals surface area contributed by atoms with Crippen molar-refractivity contribution in [3.05, 3.63) is 71.8 Å². The molecule has 22 heavy (non-hydrogen) atoms. The highest BCUT2D eigenvalue weighted by Gasteiger charge is 2.17. The van der Waals surface area contributed by atoms with Gasteiger partial charge in [0.2, 0.25) is 0 Å². The Morgan fingerprint density at radius 1 is 0.864 bits per heavy atom. The van der Waals surface area contributed by atoms with E-state index in [4.69, 9.17) is 5.73 Å². The molecule has 2 nitrogen and oxygen atoms in total. The van der Waals surface area contributed by atoms with E-state index < -0.39 is 0 Å². The molecule has 0 heterocycles. The van der Waals surface area contributed by atoms with Crippen LogP contribution in [0.4, 0.5) is 0 Å². The topological polar surface area (TPSA) is 29.3 Å². The number of nitrogens with two attached hydrogens (primary N) is 1. The molecule has 2 aromatic rings. The molecule has 0 saturated heterocycles. The first-order valence-electron chi connectivity index (χ1n) is 8.35. The van der Waals surface area contributed by atoms with E-state index in [1.54, 1.807) is 0 Å². The van der Waals surface area contributed by atoms with Crippen LogP contribution in [0.5, 0.6) is 0 Å². The first-order valence-corrected chi connectivity index (χ1v) is 8.35. The van der Waals surface area contributed by atoms with Crippen LogP contribution >= 0.6 is 0 Å². The zero-order valence-electron chi connectivity index (χ0n) is 13.6. The lowest BCUT2D eigenvalue weighted by molar-refractivity contribution is 0.170. The van der Waals surface area contributed by atoms with Gasteiger partial charge in [-0.15, -0.1) is 0 Å². The average Bonchev–Trinajstić information content (AvgIpc) is 2.57. The van der Waals surface area contributed by atoms with Crippen LogP contribution in [0.1, 0.15) is 37.3 Å². The van der Waals surface area contributed by atoms with Gasteiger partial charge >= 0.3 is 0 Å². The van der Waals surface area contributed by atoms with E-state index in [0.29, 0.717) is 6.04 Å². The minimum absolute atomic E-state index is 0.445. The number of hydrogen-bond acceptors (Lipinski definition) is 2. The fourth-order valence-corrected chi connectivity index (χ4v) is 2.84. The number of unbranched alkanes of at least 4 members (excludes halogenated alkanes) is 1. The van der Waals surface area contributed by atoms with Crippen LogP contribution in [-0.2, 0) is 13.1 Å². The Kier molecular flexibility index (Phi) is 7.14. The van der Waals surface area contributed by atoms with Crippen LogP contribution in [0, 0.1) is 0 Å². The Balaban J connectivity index is 2.11. The van der Waals surface area contributed by atoms with Gasteiger partial charge in [0.1, 0.15) is 0 Å². The maximum Gasteiger partial charge on any atom is 0.0240 e. The Hall–Kier alpha value is -1.64. The van der Waals surface area contributed by atoms with E-state index in [2.05, 4.69) is 72.5 Å². The second-order valence-corrected chi connectivity index (χ2v) is 5.91. The van der Waals surface area contributed by atoms with Gasteiger partial charge in [-0.2, -0.15) is 0 Å². The quantitative estimate of drug-likeness (QED) is 0.751. The minimum atomic E-state index is 0.445. The Labute approximate surface area is 135 Å². The summed E-state index contributed by atoms with van der Waals surface area (Å²) >= 11 is 0. The van der Waals surface area contributed by atoms with Gasteiger partial charge < -0.3 is 5.73 Å². The van der Waals surface area contributed by atoms with Crippen molar-refractivity contribution >= 4 is 0 Å². The molecule has 2 N–H and O–H groups in total. The molecule has 0 radical (unpaired) electrons. The van der Waals surface area contributed by atoms with Gasteiger partial charge in [0.05, 0.1) is 0 Å². The molecule has 0 fully saturated rings. The summed E-state index contributed by atoms with van der Waals surface area (Å²) in [5, 5.41) is 0. The average molecular weight is 296 g/mol. The normalized spacial score (nSPS) is 12.5. The van der Waals surface area contributed by atoms with Gasteiger partial charge in [0, 0.05) is 25.7 Å². The summed E-state index contributed by atoms with van der Waals surface area (Å²) in [7, 11) is 0. The van der Waals surface area contributed by atoms with Crippen molar-refractivity contribution in [1.29, 1.82) is 0 Å². The van der Waals surface area contributed by atoms with E-state index >= 15 is 0 Å². The summed E-state index contributed by atoms with van der Waals surface area (Å²) in [4.78, 5) is 2.53. The molecule has 2 heteroatoms. The van der Waals surface area contributed by atoms with Crippen LogP contribution in [-0.4, -0.2) is 17.5 Å². The van der Waals surface area contributed by atoms with Crippen LogP contribution in [0.2, 0.25) is 0 Å². The van der Waals surface area contributed by atoms with Crippen LogP contribution in [0.25, 0.3) is 0 Å². The van der Waals surface area contributed by atoms with Crippen molar-refractivity contribution in [3.63, 3.8) is 0 Å². The molecule has 2 rings (SSSR count). The molecule has 0 saturated carbocycles. The highest BCUT2D eigenvalue weighted by molar-refractivity contribution is 5.17. The number of nitrogens with zero attached hydrogens (tertiary/aromatic N) is 1. The molecule has 0 aromatic heterocycles. The van der Waals surface area contributed by atoms with Crippen molar-refractivity contribution in [2.24, 2.45) is 5.73 Å². The molecular weight excluding hydrogens is 268 g/mol. The number of rotatable bonds is 9. The Morgan fingerprint density at radius 2 is 1.36 bits per heavy atom. The van der Waals surface area contributed by atoms with E-state index in [1.165, 1.54) is 30.4 Å². The van der Waals surface area contributed by atoms with E-state index in [-0.39, 0.29) is 0 Å². The molecule has 2 aromatic carbocycles. The molecule has 0 aliphatic carbocycles. The Bertz CT molecular complexity index is 468. The molecule has 1 unspecified atom stereocenters. The monoisotopic (exact) mass is 296 g/mol. The molecule has 118 valence electrons. The zero-order valence-corrected chi connectivity index (χ0v) is 13.6. The highest BCUT2D eigenvalue weighted by atomic mass is 15.2. The smallest absolute Gasteiger partial charge is 0.0240 e. The third-order valence-corrected chi connectivity index (χ3v) is 4.14. The molecule has 0 amide bonds. The molecule has 0 bridgehead atoms. The minimum Gasteiger partial charge on any atom is -0.329 e. The largest absolute Gasteiger partial charge is 0.329 e. The van der Waals surface area contributed by atoms with Crippen molar-refractivity contribution in [1.82, 2.24) is 4.90 Å². The second-order valence-electron chi connectivity index (χ2n) is 5.91. The van der Waals surface area contributed by atoms with Crippen molar-refractivity contribution in [2.75, 3.05) is 6.54 Å². The fraction of sp³-hybridized carbons (Fsp3) is 0.400. The SMILES string of the molecule is CCCCC(CN)N(Cc1ccccc1)Cc1ccccc1. The summed E-state index contributed by atoms with van der Waals surface area (Å²) in [5.74, 6) is 0. The maximum absolute atomic E-state index is 6.08. The lowest BCUT2D eigenvalue weighted by atomic mass is 10.1. The van der Waals surface area contributed by atoms with Crippen molar-refractivity contribution in [3.8, 4) is 0 Å². The van der Waals surface area contributed by atoms with E-state index in [9.17, 15) is 0 Å². The van der Waals surface area contributed by atoms with Gasteiger partial charge in [-0.05, 0) is 17.5 Å². The van der Waals surface area contributed by atoms with Crippen LogP contribution in [0.15, 0.2) is 60.7 Å². The summed E-state index contributed by atoms with van der Waals surface area (Å²) in [5.41, 5.74) is 8.79. The summed E-state index contributed by atoms with van der Waals surface area (Å²) in [6.07, 6.45) is 3.63. The lowest BCUT2D eigenvalue weighted by Crippen LogP contribution is -2.39. The number of hydrogen-bond donors (Lipinski definition) is 1. The third kappa shape index (κ3) is 5.28. The van der Waals surface area contributed by atoms with Crippen molar-refractivity contribution < 1.29 is 0 Å². The molecule has 0 aliphatic rings. The molecule has 1 atom stereocenters. The number of benzene rings is 2. The van der Waals surface area contributed by atoms with Gasteiger partial charge in [-0.1, -0.05) is 80.4 Å². The maximum atomic E-state index is 6.08. The van der Waals surface area contributed by atoms with Gasteiger partial charge in [0.15, 0.2) is 0 Å². The van der Waals surface area contributed by atoms with Gasteiger partial charge in [0.25, 0.3) is 0 Å².